The van der Waals surface area contributed by atoms with Crippen molar-refractivity contribution in [2.45, 2.75) is 25.4 Å². The lowest BCUT2D eigenvalue weighted by molar-refractivity contribution is 0.0931. The van der Waals surface area contributed by atoms with Gasteiger partial charge in [0.15, 0.2) is 0 Å². The molecule has 1 saturated carbocycles. The van der Waals surface area contributed by atoms with E-state index in [0.717, 1.165) is 5.56 Å². The summed E-state index contributed by atoms with van der Waals surface area (Å²) in [7, 11) is 0. The average molecular weight is 270 g/mol. The molecule has 20 heavy (non-hydrogen) atoms. The molecule has 1 aromatic heterocycles. The smallest absolute Gasteiger partial charge is 0.255 e. The molecule has 0 radical (unpaired) electrons. The SMILES string of the molecule is NCc1cc(C(=O)NC(c2ccccc2)C2CC2)co1. The number of rotatable bonds is 5. The first-order valence-electron chi connectivity index (χ1n) is 6.91. The van der Waals surface area contributed by atoms with Crippen molar-refractivity contribution in [2.75, 3.05) is 0 Å². The fourth-order valence-electron chi connectivity index (χ4n) is 2.39. The van der Waals surface area contributed by atoms with E-state index >= 15 is 0 Å². The number of amides is 1. The molecule has 1 fully saturated rings. The fraction of sp³-hybridized carbons (Fsp3) is 0.312. The van der Waals surface area contributed by atoms with Gasteiger partial charge in [-0.1, -0.05) is 30.3 Å². The van der Waals surface area contributed by atoms with Crippen molar-refractivity contribution in [3.63, 3.8) is 0 Å². The van der Waals surface area contributed by atoms with Crippen LogP contribution in [0.15, 0.2) is 47.1 Å². The van der Waals surface area contributed by atoms with E-state index in [1.54, 1.807) is 6.07 Å². The minimum Gasteiger partial charge on any atom is -0.467 e. The molecule has 3 N–H and O–H groups in total. The minimum atomic E-state index is -0.103. The Morgan fingerprint density at radius 2 is 2.10 bits per heavy atom. The standard InChI is InChI=1S/C16H18N2O2/c17-9-14-8-13(10-20-14)16(19)18-15(12-6-7-12)11-4-2-1-3-5-11/h1-5,8,10,12,15H,6-7,9,17H2,(H,18,19). The minimum absolute atomic E-state index is 0.0833. The fourth-order valence-corrected chi connectivity index (χ4v) is 2.39. The van der Waals surface area contributed by atoms with Crippen LogP contribution in [0.1, 0.15) is 40.6 Å². The van der Waals surface area contributed by atoms with E-state index < -0.39 is 0 Å². The van der Waals surface area contributed by atoms with Crippen molar-refractivity contribution in [3.05, 3.63) is 59.5 Å². The maximum absolute atomic E-state index is 12.3. The number of nitrogens with one attached hydrogen (secondary N) is 1. The molecule has 1 heterocycles. The second-order valence-corrected chi connectivity index (χ2v) is 5.21. The summed E-state index contributed by atoms with van der Waals surface area (Å²) in [4.78, 5) is 12.3. The molecule has 1 aliphatic carbocycles. The van der Waals surface area contributed by atoms with Gasteiger partial charge in [0.1, 0.15) is 12.0 Å². The summed E-state index contributed by atoms with van der Waals surface area (Å²) in [5.74, 6) is 1.06. The highest BCUT2D eigenvalue weighted by Crippen LogP contribution is 2.41. The van der Waals surface area contributed by atoms with Gasteiger partial charge in [-0.3, -0.25) is 4.79 Å². The Kier molecular flexibility index (Phi) is 3.56. The third kappa shape index (κ3) is 2.75. The van der Waals surface area contributed by atoms with Gasteiger partial charge >= 0.3 is 0 Å². The van der Waals surface area contributed by atoms with Crippen molar-refractivity contribution in [2.24, 2.45) is 11.7 Å². The van der Waals surface area contributed by atoms with Crippen LogP contribution in [-0.2, 0) is 6.54 Å². The number of hydrogen-bond donors (Lipinski definition) is 2. The number of nitrogens with two attached hydrogens (primary N) is 1. The number of furan rings is 1. The molecule has 1 unspecified atom stereocenters. The van der Waals surface area contributed by atoms with E-state index in [2.05, 4.69) is 17.4 Å². The molecule has 3 rings (SSSR count). The van der Waals surface area contributed by atoms with E-state index in [9.17, 15) is 4.79 Å². The van der Waals surface area contributed by atoms with Crippen LogP contribution in [0.5, 0.6) is 0 Å². The first-order chi connectivity index (χ1) is 9.78. The summed E-state index contributed by atoms with van der Waals surface area (Å²) in [5.41, 5.74) is 7.18. The number of carbonyl (C=O) groups is 1. The zero-order valence-electron chi connectivity index (χ0n) is 11.2. The molecule has 1 aromatic carbocycles. The number of carbonyl (C=O) groups excluding carboxylic acids is 1. The topological polar surface area (TPSA) is 68.3 Å². The summed E-state index contributed by atoms with van der Waals surface area (Å²) < 4.78 is 5.21. The lowest BCUT2D eigenvalue weighted by atomic mass is 10.0. The van der Waals surface area contributed by atoms with Crippen LogP contribution < -0.4 is 11.1 Å². The van der Waals surface area contributed by atoms with Crippen molar-refractivity contribution in [1.29, 1.82) is 0 Å². The van der Waals surface area contributed by atoms with E-state index in [-0.39, 0.29) is 11.9 Å². The Morgan fingerprint density at radius 1 is 1.35 bits per heavy atom. The predicted molar refractivity (Wildman–Crippen MR) is 76.0 cm³/mol. The highest BCUT2D eigenvalue weighted by molar-refractivity contribution is 5.94. The van der Waals surface area contributed by atoms with E-state index in [4.69, 9.17) is 10.2 Å². The first-order valence-corrected chi connectivity index (χ1v) is 6.91. The second-order valence-electron chi connectivity index (χ2n) is 5.21. The van der Waals surface area contributed by atoms with Gasteiger partial charge in [-0.05, 0) is 30.4 Å². The molecule has 1 amide bonds. The molecule has 4 heteroatoms. The molecule has 0 aliphatic heterocycles. The Morgan fingerprint density at radius 3 is 2.70 bits per heavy atom. The molecular weight excluding hydrogens is 252 g/mol. The summed E-state index contributed by atoms with van der Waals surface area (Å²) in [6.07, 6.45) is 3.80. The van der Waals surface area contributed by atoms with Crippen LogP contribution >= 0.6 is 0 Å². The quantitative estimate of drug-likeness (QED) is 0.877. The van der Waals surface area contributed by atoms with Crippen LogP contribution in [0, 0.1) is 5.92 Å². The summed E-state index contributed by atoms with van der Waals surface area (Å²) >= 11 is 0. The van der Waals surface area contributed by atoms with Gasteiger partial charge in [-0.15, -0.1) is 0 Å². The van der Waals surface area contributed by atoms with E-state index in [1.165, 1.54) is 19.1 Å². The summed E-state index contributed by atoms with van der Waals surface area (Å²) in [5, 5.41) is 3.11. The molecule has 104 valence electrons. The van der Waals surface area contributed by atoms with Gasteiger partial charge in [0.05, 0.1) is 18.2 Å². The van der Waals surface area contributed by atoms with Gasteiger partial charge in [-0.2, -0.15) is 0 Å². The van der Waals surface area contributed by atoms with Gasteiger partial charge in [0, 0.05) is 0 Å². The summed E-state index contributed by atoms with van der Waals surface area (Å²) in [6, 6.07) is 11.9. The third-order valence-corrected chi connectivity index (χ3v) is 3.66. The average Bonchev–Trinajstić information content (AvgIpc) is 3.21. The van der Waals surface area contributed by atoms with Crippen LogP contribution in [0.2, 0.25) is 0 Å². The lowest BCUT2D eigenvalue weighted by Gasteiger charge is -2.18. The van der Waals surface area contributed by atoms with E-state index in [0.29, 0.717) is 23.8 Å². The Balaban J connectivity index is 1.75. The van der Waals surface area contributed by atoms with Crippen molar-refractivity contribution < 1.29 is 9.21 Å². The molecular formula is C16H18N2O2. The molecule has 2 aromatic rings. The lowest BCUT2D eigenvalue weighted by Crippen LogP contribution is -2.29. The van der Waals surface area contributed by atoms with Crippen LogP contribution in [0.3, 0.4) is 0 Å². The summed E-state index contributed by atoms with van der Waals surface area (Å²) in [6.45, 7) is 0.304. The van der Waals surface area contributed by atoms with Gasteiger partial charge in [-0.25, -0.2) is 0 Å². The molecule has 0 saturated heterocycles. The first kappa shape index (κ1) is 12.9. The maximum Gasteiger partial charge on any atom is 0.255 e. The third-order valence-electron chi connectivity index (χ3n) is 3.66. The molecule has 1 aliphatic rings. The monoisotopic (exact) mass is 270 g/mol. The van der Waals surface area contributed by atoms with Gasteiger partial charge in [0.25, 0.3) is 5.91 Å². The van der Waals surface area contributed by atoms with Gasteiger partial charge < -0.3 is 15.5 Å². The highest BCUT2D eigenvalue weighted by Gasteiger charge is 2.33. The van der Waals surface area contributed by atoms with E-state index in [1.807, 2.05) is 18.2 Å². The zero-order valence-corrected chi connectivity index (χ0v) is 11.2. The zero-order chi connectivity index (χ0) is 13.9. The molecule has 0 spiro atoms. The Bertz CT molecular complexity index is 588. The van der Waals surface area contributed by atoms with Crippen LogP contribution in [0.25, 0.3) is 0 Å². The molecule has 0 bridgehead atoms. The van der Waals surface area contributed by atoms with Gasteiger partial charge in [0.2, 0.25) is 0 Å². The van der Waals surface area contributed by atoms with Crippen LogP contribution in [-0.4, -0.2) is 5.91 Å². The molecule has 4 nitrogen and oxygen atoms in total. The number of hydrogen-bond acceptors (Lipinski definition) is 3. The second kappa shape index (κ2) is 5.51. The van der Waals surface area contributed by atoms with Crippen LogP contribution in [0.4, 0.5) is 0 Å². The number of benzene rings is 1. The maximum atomic E-state index is 12.3. The molecule has 1 atom stereocenters. The van der Waals surface area contributed by atoms with Crippen molar-refractivity contribution in [3.8, 4) is 0 Å². The van der Waals surface area contributed by atoms with Crippen molar-refractivity contribution >= 4 is 5.91 Å². The normalized spacial score (nSPS) is 15.8. The predicted octanol–water partition coefficient (Wildman–Crippen LogP) is 2.62. The highest BCUT2D eigenvalue weighted by atomic mass is 16.3. The Hall–Kier alpha value is -2.07. The van der Waals surface area contributed by atoms with Crippen molar-refractivity contribution in [1.82, 2.24) is 5.32 Å². The largest absolute Gasteiger partial charge is 0.467 e. The Labute approximate surface area is 118 Å².